The van der Waals surface area contributed by atoms with Crippen LogP contribution in [0.4, 0.5) is 5.69 Å². The van der Waals surface area contributed by atoms with Crippen molar-refractivity contribution in [2.45, 2.75) is 24.7 Å². The normalized spacial score (nSPS) is 11.0. The van der Waals surface area contributed by atoms with Gasteiger partial charge in [0.2, 0.25) is 0 Å². The molecule has 0 atom stereocenters. The lowest BCUT2D eigenvalue weighted by atomic mass is 10.0. The minimum atomic E-state index is -0.907. The highest BCUT2D eigenvalue weighted by Crippen LogP contribution is 2.38. The Morgan fingerprint density at radius 2 is 2.14 bits per heavy atom. The summed E-state index contributed by atoms with van der Waals surface area (Å²) in [6, 6.07) is 3.24. The van der Waals surface area contributed by atoms with E-state index >= 15 is 0 Å². The molecule has 2 rings (SSSR count). The molecule has 0 saturated heterocycles. The van der Waals surface area contributed by atoms with E-state index in [0.717, 1.165) is 21.7 Å². The number of carbonyl (C=O) groups is 1. The number of aliphatic carboxylic acids is 1. The summed E-state index contributed by atoms with van der Waals surface area (Å²) < 4.78 is 1.91. The fraction of sp³-hybridized carbons (Fsp3) is 0.357. The van der Waals surface area contributed by atoms with Crippen LogP contribution < -0.4 is 0 Å². The number of carboxylic acid groups (broad SMARTS) is 1. The minimum Gasteiger partial charge on any atom is -0.481 e. The van der Waals surface area contributed by atoms with Crippen LogP contribution >= 0.6 is 11.8 Å². The summed E-state index contributed by atoms with van der Waals surface area (Å²) in [6.45, 7) is 1.87. The second kappa shape index (κ2) is 5.77. The molecule has 6 nitrogen and oxygen atoms in total. The number of fused-ring (bicyclic) bond motifs is 1. The van der Waals surface area contributed by atoms with Gasteiger partial charge in [-0.15, -0.1) is 11.8 Å². The molecule has 1 heterocycles. The van der Waals surface area contributed by atoms with Gasteiger partial charge in [0, 0.05) is 30.1 Å². The number of benzene rings is 1. The van der Waals surface area contributed by atoms with Gasteiger partial charge in [-0.25, -0.2) is 0 Å². The molecule has 0 radical (unpaired) electrons. The summed E-state index contributed by atoms with van der Waals surface area (Å²) in [6.07, 6.45) is 2.16. The van der Waals surface area contributed by atoms with Crippen molar-refractivity contribution < 1.29 is 14.8 Å². The van der Waals surface area contributed by atoms with Gasteiger partial charge in [0.15, 0.2) is 0 Å². The smallest absolute Gasteiger partial charge is 0.303 e. The van der Waals surface area contributed by atoms with E-state index in [1.807, 2.05) is 24.8 Å². The molecule has 0 spiro atoms. The molecule has 1 N–H and O–H groups in total. The van der Waals surface area contributed by atoms with E-state index in [1.54, 1.807) is 6.07 Å². The zero-order valence-corrected chi connectivity index (χ0v) is 12.9. The zero-order valence-electron chi connectivity index (χ0n) is 12.0. The van der Waals surface area contributed by atoms with Crippen molar-refractivity contribution in [3.8, 4) is 0 Å². The molecule has 0 saturated carbocycles. The Kier molecular flexibility index (Phi) is 4.22. The maximum Gasteiger partial charge on any atom is 0.303 e. The highest BCUT2D eigenvalue weighted by molar-refractivity contribution is 7.98. The van der Waals surface area contributed by atoms with Crippen LogP contribution in [0.5, 0.6) is 0 Å². The summed E-state index contributed by atoms with van der Waals surface area (Å²) >= 11 is 1.52. The van der Waals surface area contributed by atoms with Crippen LogP contribution in [0, 0.1) is 17.0 Å². The van der Waals surface area contributed by atoms with Gasteiger partial charge < -0.3 is 9.67 Å². The van der Waals surface area contributed by atoms with Crippen molar-refractivity contribution in [2.24, 2.45) is 7.05 Å². The molecular formula is C14H16N2O4S. The Balaban J connectivity index is 2.80. The van der Waals surface area contributed by atoms with Crippen LogP contribution in [0.15, 0.2) is 17.0 Å². The van der Waals surface area contributed by atoms with Crippen molar-refractivity contribution in [1.82, 2.24) is 4.57 Å². The topological polar surface area (TPSA) is 85.4 Å². The summed E-state index contributed by atoms with van der Waals surface area (Å²) in [5.41, 5.74) is 2.45. The molecule has 0 unspecified atom stereocenters. The predicted molar refractivity (Wildman–Crippen MR) is 82.0 cm³/mol. The fourth-order valence-electron chi connectivity index (χ4n) is 2.60. The molecule has 1 aromatic carbocycles. The molecule has 0 aliphatic carbocycles. The number of nitro benzene ring substituents is 1. The van der Waals surface area contributed by atoms with Crippen LogP contribution in [-0.2, 0) is 18.3 Å². The Hall–Kier alpha value is -2.02. The molecule has 7 heteroatoms. The number of nitrogens with zero attached hydrogens (tertiary/aromatic N) is 2. The quantitative estimate of drug-likeness (QED) is 0.521. The molecule has 21 heavy (non-hydrogen) atoms. The van der Waals surface area contributed by atoms with Gasteiger partial charge in [0.25, 0.3) is 5.69 Å². The van der Waals surface area contributed by atoms with E-state index in [0.29, 0.717) is 5.39 Å². The largest absolute Gasteiger partial charge is 0.481 e. The number of nitro groups is 1. The third kappa shape index (κ3) is 2.61. The summed E-state index contributed by atoms with van der Waals surface area (Å²) in [7, 11) is 1.85. The number of rotatable bonds is 5. The first-order valence-corrected chi connectivity index (χ1v) is 7.62. The van der Waals surface area contributed by atoms with Gasteiger partial charge in [0.1, 0.15) is 0 Å². The van der Waals surface area contributed by atoms with Gasteiger partial charge in [-0.3, -0.25) is 14.9 Å². The van der Waals surface area contributed by atoms with Crippen LogP contribution in [0.3, 0.4) is 0 Å². The van der Waals surface area contributed by atoms with Crippen molar-refractivity contribution in [3.63, 3.8) is 0 Å². The van der Waals surface area contributed by atoms with Gasteiger partial charge >= 0.3 is 5.97 Å². The SMILES string of the molecule is CSc1ccc([N+](=O)[O-])c2c(CCC(=O)O)c(C)n(C)c12. The number of non-ortho nitro benzene ring substituents is 1. The van der Waals surface area contributed by atoms with Crippen LogP contribution in [0.1, 0.15) is 17.7 Å². The number of aromatic nitrogens is 1. The average Bonchev–Trinajstić information content (AvgIpc) is 2.68. The maximum absolute atomic E-state index is 11.3. The van der Waals surface area contributed by atoms with Crippen LogP contribution in [0.25, 0.3) is 10.9 Å². The minimum absolute atomic E-state index is 0.0342. The number of hydrogen-bond donors (Lipinski definition) is 1. The molecule has 0 bridgehead atoms. The first-order valence-electron chi connectivity index (χ1n) is 6.39. The van der Waals surface area contributed by atoms with Crippen molar-refractivity contribution in [3.05, 3.63) is 33.5 Å². The highest BCUT2D eigenvalue weighted by atomic mass is 32.2. The molecule has 1 aromatic heterocycles. The number of aryl methyl sites for hydroxylation is 2. The van der Waals surface area contributed by atoms with Gasteiger partial charge in [0.05, 0.1) is 15.8 Å². The molecule has 0 aliphatic rings. The molecule has 0 amide bonds. The van der Waals surface area contributed by atoms with Crippen molar-refractivity contribution in [1.29, 1.82) is 0 Å². The van der Waals surface area contributed by atoms with Gasteiger partial charge in [-0.1, -0.05) is 0 Å². The van der Waals surface area contributed by atoms with Gasteiger partial charge in [-0.2, -0.15) is 0 Å². The standard InChI is InChI=1S/C14H16N2O4S/c1-8-9(4-7-12(17)18)13-10(16(19)20)5-6-11(21-3)14(13)15(8)2/h5-6H,4,7H2,1-3H3,(H,17,18). The lowest BCUT2D eigenvalue weighted by Crippen LogP contribution is -1.99. The van der Waals surface area contributed by atoms with Crippen LogP contribution in [0.2, 0.25) is 0 Å². The van der Waals surface area contributed by atoms with Crippen molar-refractivity contribution >= 4 is 34.3 Å². The summed E-state index contributed by atoms with van der Waals surface area (Å²) in [5.74, 6) is -0.907. The Labute approximate surface area is 125 Å². The highest BCUT2D eigenvalue weighted by Gasteiger charge is 2.23. The zero-order chi connectivity index (χ0) is 15.7. The molecule has 2 aromatic rings. The van der Waals surface area contributed by atoms with Gasteiger partial charge in [-0.05, 0) is 31.2 Å². The van der Waals surface area contributed by atoms with Crippen LogP contribution in [-0.4, -0.2) is 26.8 Å². The third-order valence-electron chi connectivity index (χ3n) is 3.70. The maximum atomic E-state index is 11.3. The second-order valence-corrected chi connectivity index (χ2v) is 5.63. The summed E-state index contributed by atoms with van der Waals surface area (Å²) in [5, 5.41) is 20.7. The molecular weight excluding hydrogens is 292 g/mol. The van der Waals surface area contributed by atoms with E-state index < -0.39 is 10.9 Å². The van der Waals surface area contributed by atoms with E-state index in [2.05, 4.69) is 0 Å². The third-order valence-corrected chi connectivity index (χ3v) is 4.47. The van der Waals surface area contributed by atoms with E-state index in [4.69, 9.17) is 5.11 Å². The Morgan fingerprint density at radius 3 is 2.67 bits per heavy atom. The Morgan fingerprint density at radius 1 is 1.48 bits per heavy atom. The van der Waals surface area contributed by atoms with E-state index in [1.165, 1.54) is 17.8 Å². The predicted octanol–water partition coefficient (Wildman–Crippen LogP) is 3.13. The summed E-state index contributed by atoms with van der Waals surface area (Å²) in [4.78, 5) is 22.7. The average molecular weight is 308 g/mol. The Bertz CT molecular complexity index is 736. The van der Waals surface area contributed by atoms with Crippen molar-refractivity contribution in [2.75, 3.05) is 6.26 Å². The molecule has 0 aliphatic heterocycles. The number of carboxylic acids is 1. The number of hydrogen-bond acceptors (Lipinski definition) is 4. The lowest BCUT2D eigenvalue weighted by Gasteiger charge is -2.04. The van der Waals surface area contributed by atoms with E-state index in [9.17, 15) is 14.9 Å². The molecule has 112 valence electrons. The second-order valence-electron chi connectivity index (χ2n) is 4.78. The molecule has 0 fully saturated rings. The monoisotopic (exact) mass is 308 g/mol. The number of thioether (sulfide) groups is 1. The lowest BCUT2D eigenvalue weighted by molar-refractivity contribution is -0.383. The fourth-order valence-corrected chi connectivity index (χ4v) is 3.23. The first kappa shape index (κ1) is 15.4. The first-order chi connectivity index (χ1) is 9.88. The van der Waals surface area contributed by atoms with E-state index in [-0.39, 0.29) is 18.5 Å².